The van der Waals surface area contributed by atoms with Gasteiger partial charge in [-0.3, -0.25) is 5.32 Å². The Hall–Kier alpha value is -1.95. The molecular formula is C11H7Cl2N5. The van der Waals surface area contributed by atoms with Gasteiger partial charge in [-0.1, -0.05) is 23.2 Å². The van der Waals surface area contributed by atoms with Crippen molar-refractivity contribution >= 4 is 34.8 Å². The summed E-state index contributed by atoms with van der Waals surface area (Å²) in [5.41, 5.74) is 1.40. The number of nitrogens with zero attached hydrogens (tertiary/aromatic N) is 4. The molecule has 0 aromatic heterocycles. The zero-order chi connectivity index (χ0) is 13.1. The van der Waals surface area contributed by atoms with Crippen molar-refractivity contribution in [2.24, 2.45) is 4.99 Å². The summed E-state index contributed by atoms with van der Waals surface area (Å²) in [4.78, 5) is 5.87. The highest BCUT2D eigenvalue weighted by atomic mass is 35.5. The summed E-state index contributed by atoms with van der Waals surface area (Å²) >= 11 is 12.0. The molecule has 1 heterocycles. The van der Waals surface area contributed by atoms with Gasteiger partial charge in [0.15, 0.2) is 6.19 Å². The van der Waals surface area contributed by atoms with Crippen LogP contribution in [0.25, 0.3) is 0 Å². The molecule has 2 rings (SSSR count). The van der Waals surface area contributed by atoms with Crippen LogP contribution in [0.5, 0.6) is 0 Å². The number of rotatable bonds is 1. The molecule has 0 saturated heterocycles. The third-order valence-corrected chi connectivity index (χ3v) is 3.32. The number of hydrogen-bond donors (Lipinski definition) is 1. The quantitative estimate of drug-likeness (QED) is 0.487. The van der Waals surface area contributed by atoms with Gasteiger partial charge in [-0.25, -0.2) is 4.99 Å². The molecule has 0 bridgehead atoms. The van der Waals surface area contributed by atoms with Crippen molar-refractivity contribution < 1.29 is 0 Å². The lowest BCUT2D eigenvalue weighted by atomic mass is 10.1. The van der Waals surface area contributed by atoms with Crippen LogP contribution < -0.4 is 5.32 Å². The maximum absolute atomic E-state index is 8.76. The second-order valence-corrected chi connectivity index (χ2v) is 4.33. The predicted octanol–water partition coefficient (Wildman–Crippen LogP) is 2.39. The van der Waals surface area contributed by atoms with Crippen LogP contribution in [0.2, 0.25) is 10.0 Å². The highest BCUT2D eigenvalue weighted by Gasteiger charge is 2.22. The van der Waals surface area contributed by atoms with E-state index in [1.807, 2.05) is 6.07 Å². The second kappa shape index (κ2) is 5.14. The fourth-order valence-corrected chi connectivity index (χ4v) is 2.06. The van der Waals surface area contributed by atoms with Gasteiger partial charge in [0.2, 0.25) is 5.96 Å². The predicted molar refractivity (Wildman–Crippen MR) is 68.3 cm³/mol. The Morgan fingerprint density at radius 3 is 2.83 bits per heavy atom. The fourth-order valence-electron chi connectivity index (χ4n) is 1.66. The Kier molecular flexibility index (Phi) is 3.57. The molecule has 90 valence electrons. The monoisotopic (exact) mass is 279 g/mol. The molecule has 5 nitrogen and oxygen atoms in total. The first-order chi connectivity index (χ1) is 8.67. The molecule has 7 heteroatoms. The van der Waals surface area contributed by atoms with E-state index in [-0.39, 0.29) is 6.54 Å². The summed E-state index contributed by atoms with van der Waals surface area (Å²) in [5.74, 6) is 0.338. The van der Waals surface area contributed by atoms with E-state index in [1.54, 1.807) is 23.2 Å². The zero-order valence-corrected chi connectivity index (χ0v) is 10.6. The first kappa shape index (κ1) is 12.5. The van der Waals surface area contributed by atoms with Crippen molar-refractivity contribution in [2.45, 2.75) is 6.54 Å². The Bertz CT molecular complexity index is 597. The Morgan fingerprint density at radius 1 is 1.39 bits per heavy atom. The molecule has 0 aliphatic carbocycles. The first-order valence-corrected chi connectivity index (χ1v) is 5.75. The SMILES string of the molecule is N#CCN1Cc2c(ccc(Cl)c2Cl)N=C1NC#N. The zero-order valence-electron chi connectivity index (χ0n) is 9.11. The van der Waals surface area contributed by atoms with E-state index in [2.05, 4.69) is 10.3 Å². The number of nitriles is 2. The first-order valence-electron chi connectivity index (χ1n) is 5.00. The van der Waals surface area contributed by atoms with Gasteiger partial charge >= 0.3 is 0 Å². The standard InChI is InChI=1S/C11H7Cl2N5/c12-8-1-2-9-7(10(8)13)5-18(4-3-14)11(17-9)16-6-15/h1-2H,4-5H2,(H,16,17). The molecule has 1 aromatic carbocycles. The van der Waals surface area contributed by atoms with Crippen LogP contribution in [-0.4, -0.2) is 17.4 Å². The maximum atomic E-state index is 8.76. The maximum Gasteiger partial charge on any atom is 0.213 e. The average molecular weight is 280 g/mol. The van der Waals surface area contributed by atoms with Crippen molar-refractivity contribution in [3.63, 3.8) is 0 Å². The summed E-state index contributed by atoms with van der Waals surface area (Å²) in [6.07, 6.45) is 1.79. The number of benzene rings is 1. The molecule has 0 fully saturated rings. The topological polar surface area (TPSA) is 75.2 Å². The van der Waals surface area contributed by atoms with Crippen molar-refractivity contribution in [1.29, 1.82) is 10.5 Å². The fraction of sp³-hybridized carbons (Fsp3) is 0.182. The van der Waals surface area contributed by atoms with Gasteiger partial charge in [0.25, 0.3) is 0 Å². The summed E-state index contributed by atoms with van der Waals surface area (Å²) < 4.78 is 0. The smallest absolute Gasteiger partial charge is 0.213 e. The molecule has 18 heavy (non-hydrogen) atoms. The van der Waals surface area contributed by atoms with E-state index < -0.39 is 0 Å². The molecule has 1 aliphatic rings. The molecule has 0 unspecified atom stereocenters. The highest BCUT2D eigenvalue weighted by molar-refractivity contribution is 6.42. The lowest BCUT2D eigenvalue weighted by Gasteiger charge is -2.27. The van der Waals surface area contributed by atoms with E-state index in [0.29, 0.717) is 28.2 Å². The Morgan fingerprint density at radius 2 is 2.17 bits per heavy atom. The third-order valence-electron chi connectivity index (χ3n) is 2.48. The normalized spacial score (nSPS) is 13.1. The number of nitrogens with one attached hydrogen (secondary N) is 1. The van der Waals surface area contributed by atoms with Gasteiger partial charge < -0.3 is 4.90 Å². The molecule has 0 radical (unpaired) electrons. The summed E-state index contributed by atoms with van der Waals surface area (Å²) in [6.45, 7) is 0.492. The summed E-state index contributed by atoms with van der Waals surface area (Å²) in [7, 11) is 0. The summed E-state index contributed by atoms with van der Waals surface area (Å²) in [6, 6.07) is 5.39. The van der Waals surface area contributed by atoms with Crippen LogP contribution >= 0.6 is 23.2 Å². The molecule has 0 atom stereocenters. The van der Waals surface area contributed by atoms with Crippen molar-refractivity contribution in [2.75, 3.05) is 6.54 Å². The van der Waals surface area contributed by atoms with Gasteiger partial charge in [-0.05, 0) is 12.1 Å². The Balaban J connectivity index is 2.48. The van der Waals surface area contributed by atoms with Gasteiger partial charge in [0.05, 0.1) is 28.3 Å². The van der Waals surface area contributed by atoms with Crippen LogP contribution in [0.4, 0.5) is 5.69 Å². The second-order valence-electron chi connectivity index (χ2n) is 3.55. The van der Waals surface area contributed by atoms with Crippen LogP contribution in [-0.2, 0) is 6.54 Å². The van der Waals surface area contributed by atoms with E-state index in [1.165, 1.54) is 0 Å². The number of halogens is 2. The number of guanidine groups is 1. The minimum atomic E-state index is 0.107. The van der Waals surface area contributed by atoms with Crippen molar-refractivity contribution in [1.82, 2.24) is 10.2 Å². The number of fused-ring (bicyclic) bond motifs is 1. The lowest BCUT2D eigenvalue weighted by Crippen LogP contribution is -2.40. The molecular weight excluding hydrogens is 273 g/mol. The van der Waals surface area contributed by atoms with Crippen LogP contribution in [0.3, 0.4) is 0 Å². The third kappa shape index (κ3) is 2.19. The molecule has 1 aliphatic heterocycles. The molecule has 0 spiro atoms. The van der Waals surface area contributed by atoms with Gasteiger partial charge in [0.1, 0.15) is 6.54 Å². The highest BCUT2D eigenvalue weighted by Crippen LogP contribution is 2.36. The van der Waals surface area contributed by atoms with Crippen LogP contribution in [0.15, 0.2) is 17.1 Å². The molecule has 1 aromatic rings. The van der Waals surface area contributed by atoms with Crippen LogP contribution in [0, 0.1) is 22.8 Å². The van der Waals surface area contributed by atoms with Crippen molar-refractivity contribution in [3.05, 3.63) is 27.7 Å². The number of aliphatic imine (C=N–C) groups is 1. The molecule has 0 amide bonds. The Labute approximate surface area is 114 Å². The van der Waals surface area contributed by atoms with Gasteiger partial charge in [0, 0.05) is 5.56 Å². The molecule has 0 saturated carbocycles. The van der Waals surface area contributed by atoms with Gasteiger partial charge in [-0.15, -0.1) is 0 Å². The van der Waals surface area contributed by atoms with E-state index in [0.717, 1.165) is 5.56 Å². The van der Waals surface area contributed by atoms with E-state index in [4.69, 9.17) is 33.7 Å². The lowest BCUT2D eigenvalue weighted by molar-refractivity contribution is 0.442. The largest absolute Gasteiger partial charge is 0.324 e. The van der Waals surface area contributed by atoms with Crippen molar-refractivity contribution in [3.8, 4) is 12.3 Å². The van der Waals surface area contributed by atoms with Gasteiger partial charge in [-0.2, -0.15) is 10.5 Å². The summed E-state index contributed by atoms with van der Waals surface area (Å²) in [5, 5.41) is 20.7. The molecule has 1 N–H and O–H groups in total. The minimum absolute atomic E-state index is 0.107. The number of hydrogen-bond acceptors (Lipinski definition) is 5. The average Bonchev–Trinajstić information content (AvgIpc) is 2.36. The minimum Gasteiger partial charge on any atom is -0.324 e. The van der Waals surface area contributed by atoms with E-state index in [9.17, 15) is 0 Å². The van der Waals surface area contributed by atoms with Crippen LogP contribution in [0.1, 0.15) is 5.56 Å². The van der Waals surface area contributed by atoms with E-state index >= 15 is 0 Å².